The van der Waals surface area contributed by atoms with E-state index in [4.69, 9.17) is 24.2 Å². The largest absolute Gasteiger partial charge is 0.497 e. The number of hydrogen-bond acceptors (Lipinski definition) is 6. The van der Waals surface area contributed by atoms with Gasteiger partial charge in [-0.1, -0.05) is 6.07 Å². The molecule has 0 atom stereocenters. The number of pyridine rings is 2. The van der Waals surface area contributed by atoms with Gasteiger partial charge in [-0.2, -0.15) is 0 Å². The van der Waals surface area contributed by atoms with Crippen molar-refractivity contribution >= 4 is 40.4 Å². The first kappa shape index (κ1) is 15.9. The fourth-order valence-electron chi connectivity index (χ4n) is 4.70. The maximum atomic E-state index is 6.28. The van der Waals surface area contributed by atoms with Crippen molar-refractivity contribution in [3.8, 4) is 28.7 Å². The number of aromatic nitrogens is 2. The van der Waals surface area contributed by atoms with Crippen LogP contribution in [0, 0.1) is 0 Å². The van der Waals surface area contributed by atoms with E-state index in [1.807, 2.05) is 54.6 Å². The molecular weight excluding hydrogens is 377 g/mol. The zero-order valence-corrected chi connectivity index (χ0v) is 16.0. The van der Waals surface area contributed by atoms with Gasteiger partial charge in [-0.3, -0.25) is 4.90 Å². The van der Waals surface area contributed by atoms with Crippen LogP contribution in [0.1, 0.15) is 0 Å². The first-order valence-electron chi connectivity index (χ1n) is 9.74. The molecule has 0 radical (unpaired) electrons. The van der Waals surface area contributed by atoms with E-state index in [0.717, 1.165) is 62.5 Å². The van der Waals surface area contributed by atoms with E-state index in [2.05, 4.69) is 4.90 Å². The molecule has 6 nitrogen and oxygen atoms in total. The Morgan fingerprint density at radius 3 is 1.87 bits per heavy atom. The van der Waals surface area contributed by atoms with Crippen LogP contribution in [-0.2, 0) is 0 Å². The molecule has 0 bridgehead atoms. The predicted molar refractivity (Wildman–Crippen MR) is 115 cm³/mol. The molecule has 30 heavy (non-hydrogen) atoms. The monoisotopic (exact) mass is 391 g/mol. The van der Waals surface area contributed by atoms with E-state index in [-0.39, 0.29) is 6.71 Å². The highest BCUT2D eigenvalue weighted by Gasteiger charge is 2.48. The lowest BCUT2D eigenvalue weighted by Crippen LogP contribution is -2.62. The Balaban J connectivity index is 1.56. The third-order valence-corrected chi connectivity index (χ3v) is 5.94. The zero-order chi connectivity index (χ0) is 19.8. The number of rotatable bonds is 2. The first-order valence-corrected chi connectivity index (χ1v) is 9.74. The van der Waals surface area contributed by atoms with Gasteiger partial charge in [0.25, 0.3) is 6.71 Å². The van der Waals surface area contributed by atoms with Crippen LogP contribution in [0.3, 0.4) is 0 Å². The van der Waals surface area contributed by atoms with Gasteiger partial charge in [0.1, 0.15) is 40.4 Å². The highest BCUT2D eigenvalue weighted by molar-refractivity contribution is 7.00. The number of hydrogen-bond donors (Lipinski definition) is 0. The van der Waals surface area contributed by atoms with Crippen LogP contribution in [0.5, 0.6) is 28.7 Å². The molecule has 7 rings (SSSR count). The van der Waals surface area contributed by atoms with Gasteiger partial charge in [0, 0.05) is 34.5 Å². The highest BCUT2D eigenvalue weighted by Crippen LogP contribution is 2.43. The summed E-state index contributed by atoms with van der Waals surface area (Å²) in [6, 6.07) is 17.7. The third kappa shape index (κ3) is 1.89. The standard InChI is InChI=1S/C23H14BN3O3/c1-28-14-7-5-13(6-8-14)27-22-20-17(9-11-25-22)29-15-3-2-4-16-19(15)24(20)21-18(30-16)10-12-26-23(21)27/h2-12H,1H3. The van der Waals surface area contributed by atoms with Gasteiger partial charge in [-0.25, -0.2) is 9.97 Å². The Bertz CT molecular complexity index is 1280. The summed E-state index contributed by atoms with van der Waals surface area (Å²) in [5.41, 5.74) is 4.06. The molecule has 7 heteroatoms. The lowest BCUT2D eigenvalue weighted by atomic mass is 9.34. The first-order chi connectivity index (χ1) is 14.8. The lowest BCUT2D eigenvalue weighted by Gasteiger charge is -2.40. The minimum absolute atomic E-state index is 0.0226. The minimum atomic E-state index is -0.0226. The van der Waals surface area contributed by atoms with Crippen LogP contribution >= 0.6 is 0 Å². The molecule has 2 aromatic carbocycles. The summed E-state index contributed by atoms with van der Waals surface area (Å²) >= 11 is 0. The van der Waals surface area contributed by atoms with Crippen LogP contribution < -0.4 is 35.5 Å². The van der Waals surface area contributed by atoms with Crippen molar-refractivity contribution in [1.29, 1.82) is 0 Å². The van der Waals surface area contributed by atoms with E-state index in [9.17, 15) is 0 Å². The van der Waals surface area contributed by atoms with E-state index in [1.165, 1.54) is 0 Å². The van der Waals surface area contributed by atoms with Crippen LogP contribution in [0.4, 0.5) is 17.3 Å². The van der Waals surface area contributed by atoms with Crippen LogP contribution in [-0.4, -0.2) is 23.8 Å². The smallest absolute Gasteiger partial charge is 0.270 e. The molecular formula is C23H14BN3O3. The normalized spacial score (nSPS) is 13.9. The summed E-state index contributed by atoms with van der Waals surface area (Å²) in [7, 11) is 1.66. The second kappa shape index (κ2) is 5.54. The Hall–Kier alpha value is -4.00. The second-order valence-corrected chi connectivity index (χ2v) is 7.43. The zero-order valence-electron chi connectivity index (χ0n) is 16.0. The van der Waals surface area contributed by atoms with Gasteiger partial charge in [0.2, 0.25) is 0 Å². The molecule has 5 heterocycles. The molecule has 4 aromatic rings. The quantitative estimate of drug-likeness (QED) is 0.423. The Labute approximate surface area is 172 Å². The molecule has 3 aliphatic heterocycles. The third-order valence-electron chi connectivity index (χ3n) is 5.94. The number of methoxy groups -OCH3 is 1. The van der Waals surface area contributed by atoms with E-state index in [1.54, 1.807) is 19.5 Å². The molecule has 0 amide bonds. The topological polar surface area (TPSA) is 56.7 Å². The molecule has 0 saturated carbocycles. The van der Waals surface area contributed by atoms with Gasteiger partial charge in [-0.05, 0) is 48.5 Å². The predicted octanol–water partition coefficient (Wildman–Crippen LogP) is 3.00. The lowest BCUT2D eigenvalue weighted by molar-refractivity contribution is 0.415. The van der Waals surface area contributed by atoms with E-state index >= 15 is 0 Å². The highest BCUT2D eigenvalue weighted by atomic mass is 16.5. The van der Waals surface area contributed by atoms with Gasteiger partial charge in [0.15, 0.2) is 0 Å². The Morgan fingerprint density at radius 1 is 0.733 bits per heavy atom. The van der Waals surface area contributed by atoms with Crippen molar-refractivity contribution in [3.05, 3.63) is 67.0 Å². The van der Waals surface area contributed by atoms with Crippen LogP contribution in [0.2, 0.25) is 0 Å². The maximum absolute atomic E-state index is 6.28. The number of anilines is 3. The van der Waals surface area contributed by atoms with Crippen molar-refractivity contribution < 1.29 is 14.2 Å². The van der Waals surface area contributed by atoms with Crippen LogP contribution in [0.25, 0.3) is 0 Å². The summed E-state index contributed by atoms with van der Waals surface area (Å²) in [6.07, 6.45) is 3.57. The van der Waals surface area contributed by atoms with Crippen molar-refractivity contribution in [3.63, 3.8) is 0 Å². The molecule has 142 valence electrons. The second-order valence-electron chi connectivity index (χ2n) is 7.43. The average Bonchev–Trinajstić information content (AvgIpc) is 2.79. The Morgan fingerprint density at radius 2 is 1.30 bits per heavy atom. The van der Waals surface area contributed by atoms with Crippen LogP contribution in [0.15, 0.2) is 67.0 Å². The SMILES string of the molecule is COc1ccc(N2c3nccc4c3B3c5c(cccc5Oc5ccnc2c53)O4)cc1. The molecule has 0 saturated heterocycles. The maximum Gasteiger partial charge on any atom is 0.270 e. The minimum Gasteiger partial charge on any atom is -0.497 e. The van der Waals surface area contributed by atoms with E-state index in [0.29, 0.717) is 0 Å². The summed E-state index contributed by atoms with van der Waals surface area (Å²) in [5.74, 6) is 5.71. The molecule has 0 unspecified atom stereocenters. The summed E-state index contributed by atoms with van der Waals surface area (Å²) < 4.78 is 17.9. The van der Waals surface area contributed by atoms with Gasteiger partial charge in [-0.15, -0.1) is 0 Å². The summed E-state index contributed by atoms with van der Waals surface area (Å²) in [5, 5.41) is 0. The molecule has 0 fully saturated rings. The average molecular weight is 391 g/mol. The molecule has 3 aliphatic rings. The molecule has 2 aromatic heterocycles. The van der Waals surface area contributed by atoms with E-state index < -0.39 is 0 Å². The Kier molecular flexibility index (Phi) is 2.93. The fourth-order valence-corrected chi connectivity index (χ4v) is 4.70. The van der Waals surface area contributed by atoms with Crippen molar-refractivity contribution in [2.45, 2.75) is 0 Å². The fraction of sp³-hybridized carbons (Fsp3) is 0.0435. The van der Waals surface area contributed by atoms with Gasteiger partial charge in [0.05, 0.1) is 7.11 Å². The van der Waals surface area contributed by atoms with Gasteiger partial charge < -0.3 is 14.2 Å². The van der Waals surface area contributed by atoms with Gasteiger partial charge >= 0.3 is 0 Å². The summed E-state index contributed by atoms with van der Waals surface area (Å²) in [4.78, 5) is 11.6. The number of ether oxygens (including phenoxy) is 3. The molecule has 0 N–H and O–H groups in total. The van der Waals surface area contributed by atoms with Crippen molar-refractivity contribution in [1.82, 2.24) is 9.97 Å². The number of nitrogens with zero attached hydrogens (tertiary/aromatic N) is 3. The molecule has 0 spiro atoms. The van der Waals surface area contributed by atoms with Crippen molar-refractivity contribution in [2.24, 2.45) is 0 Å². The molecule has 0 aliphatic carbocycles. The van der Waals surface area contributed by atoms with Crippen molar-refractivity contribution in [2.75, 3.05) is 12.0 Å². The summed E-state index contributed by atoms with van der Waals surface area (Å²) in [6.45, 7) is -0.0226. The number of benzene rings is 2.